The van der Waals surface area contributed by atoms with Gasteiger partial charge in [0.2, 0.25) is 5.91 Å². The zero-order valence-electron chi connectivity index (χ0n) is 21.8. The van der Waals surface area contributed by atoms with Crippen molar-refractivity contribution in [3.05, 3.63) is 0 Å². The van der Waals surface area contributed by atoms with Gasteiger partial charge in [0.25, 0.3) is 10.1 Å². The van der Waals surface area contributed by atoms with Gasteiger partial charge in [-0.1, -0.05) is 20.8 Å². The van der Waals surface area contributed by atoms with Crippen molar-refractivity contribution in [2.24, 2.45) is 46.3 Å². The Morgan fingerprint density at radius 3 is 2.37 bits per heavy atom. The number of carbonyl (C=O) groups is 1. The summed E-state index contributed by atoms with van der Waals surface area (Å²) in [5.41, 5.74) is 0.411. The second-order valence-corrected chi connectivity index (χ2v) is 14.2. The molecule has 10 atom stereocenters. The lowest BCUT2D eigenvalue weighted by Crippen LogP contribution is -2.58. The Morgan fingerprint density at radius 2 is 1.69 bits per heavy atom. The number of nitrogens with one attached hydrogen (secondary N) is 1. The molecule has 4 rings (SSSR count). The lowest BCUT2D eigenvalue weighted by atomic mass is 9.43. The van der Waals surface area contributed by atoms with Gasteiger partial charge in [0.15, 0.2) is 0 Å². The predicted octanol–water partition coefficient (Wildman–Crippen LogP) is 3.56. The molecule has 0 aliphatic heterocycles. The standard InChI is InChI=1S/C26H45NO6S.H3N/c1-16(4-7-23(30)27-12-13-34(31,32)33)19-5-6-20-24-21(9-11-26(19,20)3)25(2)10-8-18(28)14-17(25)15-22(24)29;/h16-22,24,28-29H,4-15H2,1-3H3,(H,27,30)(H,31,32,33);1H3/t16-,17?,18-,19-,20?,21?,22-,24?,25+,26-;/m1./s1. The highest BCUT2D eigenvalue weighted by molar-refractivity contribution is 7.85. The average molecular weight is 517 g/mol. The maximum absolute atomic E-state index is 12.2. The van der Waals surface area contributed by atoms with Gasteiger partial charge < -0.3 is 21.7 Å². The summed E-state index contributed by atoms with van der Waals surface area (Å²) < 4.78 is 30.5. The maximum Gasteiger partial charge on any atom is 0.266 e. The van der Waals surface area contributed by atoms with E-state index < -0.39 is 15.9 Å². The molecule has 0 bridgehead atoms. The number of aliphatic hydroxyl groups excluding tert-OH is 2. The van der Waals surface area contributed by atoms with Gasteiger partial charge in [-0.3, -0.25) is 9.35 Å². The van der Waals surface area contributed by atoms with Crippen LogP contribution in [0.15, 0.2) is 0 Å². The van der Waals surface area contributed by atoms with Crippen LogP contribution in [0.25, 0.3) is 0 Å². The smallest absolute Gasteiger partial charge is 0.266 e. The molecule has 0 aromatic rings. The van der Waals surface area contributed by atoms with E-state index in [-0.39, 0.29) is 41.6 Å². The van der Waals surface area contributed by atoms with Crippen LogP contribution >= 0.6 is 0 Å². The minimum atomic E-state index is -4.06. The van der Waals surface area contributed by atoms with Gasteiger partial charge in [0, 0.05) is 13.0 Å². The third-order valence-electron chi connectivity index (χ3n) is 10.9. The van der Waals surface area contributed by atoms with Crippen molar-refractivity contribution in [3.63, 3.8) is 0 Å². The summed E-state index contributed by atoms with van der Waals surface area (Å²) >= 11 is 0. The Labute approximate surface area is 211 Å². The summed E-state index contributed by atoms with van der Waals surface area (Å²) in [5, 5.41) is 24.2. The predicted molar refractivity (Wildman–Crippen MR) is 135 cm³/mol. The first kappa shape index (κ1) is 28.8. The number of hydrogen-bond acceptors (Lipinski definition) is 6. The van der Waals surface area contributed by atoms with Gasteiger partial charge >= 0.3 is 0 Å². The van der Waals surface area contributed by atoms with E-state index in [9.17, 15) is 23.4 Å². The molecule has 0 heterocycles. The van der Waals surface area contributed by atoms with E-state index in [1.807, 2.05) is 0 Å². The fourth-order valence-electron chi connectivity index (χ4n) is 9.14. The number of rotatable bonds is 7. The van der Waals surface area contributed by atoms with Crippen molar-refractivity contribution in [2.75, 3.05) is 12.3 Å². The molecule has 4 aliphatic carbocycles. The maximum atomic E-state index is 12.2. The van der Waals surface area contributed by atoms with Crippen LogP contribution in [-0.4, -0.2) is 53.6 Å². The fourth-order valence-corrected chi connectivity index (χ4v) is 9.50. The fraction of sp³-hybridized carbons (Fsp3) is 0.962. The van der Waals surface area contributed by atoms with E-state index in [0.29, 0.717) is 41.9 Å². The molecular weight excluding hydrogens is 468 g/mol. The second-order valence-electron chi connectivity index (χ2n) is 12.6. The normalized spacial score (nSPS) is 43.8. The molecule has 204 valence electrons. The molecule has 4 saturated carbocycles. The second kappa shape index (κ2) is 10.6. The van der Waals surface area contributed by atoms with Crippen LogP contribution in [-0.2, 0) is 14.9 Å². The molecule has 9 heteroatoms. The first-order chi connectivity index (χ1) is 15.8. The highest BCUT2D eigenvalue weighted by Gasteiger charge is 2.62. The van der Waals surface area contributed by atoms with E-state index in [1.54, 1.807) is 0 Å². The quantitative estimate of drug-likeness (QED) is 0.323. The molecular formula is C26H48N2O6S. The van der Waals surface area contributed by atoms with Crippen molar-refractivity contribution in [3.8, 4) is 0 Å². The van der Waals surface area contributed by atoms with Crippen LogP contribution in [0.1, 0.15) is 85.0 Å². The molecule has 0 radical (unpaired) electrons. The van der Waals surface area contributed by atoms with Crippen LogP contribution in [0.2, 0.25) is 0 Å². The van der Waals surface area contributed by atoms with E-state index in [2.05, 4.69) is 26.1 Å². The molecule has 1 amide bonds. The Balaban J connectivity index is 0.00000342. The first-order valence-electron chi connectivity index (χ1n) is 13.4. The van der Waals surface area contributed by atoms with Crippen molar-refractivity contribution < 1.29 is 28.0 Å². The molecule has 8 nitrogen and oxygen atoms in total. The molecule has 0 saturated heterocycles. The molecule has 35 heavy (non-hydrogen) atoms. The number of carbonyl (C=O) groups excluding carboxylic acids is 1. The zero-order chi connectivity index (χ0) is 24.9. The summed E-state index contributed by atoms with van der Waals surface area (Å²) in [5.74, 6) is 2.10. The lowest BCUT2D eigenvalue weighted by Gasteiger charge is -2.62. The van der Waals surface area contributed by atoms with E-state index >= 15 is 0 Å². The minimum Gasteiger partial charge on any atom is -0.393 e. The van der Waals surface area contributed by atoms with Crippen LogP contribution in [0.4, 0.5) is 0 Å². The van der Waals surface area contributed by atoms with E-state index in [1.165, 1.54) is 6.42 Å². The van der Waals surface area contributed by atoms with Crippen LogP contribution in [0.3, 0.4) is 0 Å². The first-order valence-corrected chi connectivity index (χ1v) is 15.0. The molecule has 4 fully saturated rings. The van der Waals surface area contributed by atoms with Gasteiger partial charge in [0.05, 0.1) is 18.0 Å². The molecule has 0 aromatic heterocycles. The Morgan fingerprint density at radius 1 is 1.03 bits per heavy atom. The SMILES string of the molecule is C[C@H](CCC(=O)NCCS(=O)(=O)O)[C@H]1CCC2C3C(CC[C@@]21C)[C@@]1(C)CC[C@@H](O)CC1C[C@H]3O.N. The third-order valence-corrected chi connectivity index (χ3v) is 11.6. The minimum absolute atomic E-state index is 0. The highest BCUT2D eigenvalue weighted by Crippen LogP contribution is 2.68. The number of hydrogen-bond donors (Lipinski definition) is 5. The van der Waals surface area contributed by atoms with E-state index in [0.717, 1.165) is 51.4 Å². The third kappa shape index (κ3) is 5.59. The molecule has 4 unspecified atom stereocenters. The summed E-state index contributed by atoms with van der Waals surface area (Å²) in [6.07, 6.45) is 8.87. The Bertz CT molecular complexity index is 868. The number of aliphatic hydroxyl groups is 2. The summed E-state index contributed by atoms with van der Waals surface area (Å²) in [6.45, 7) is 7.05. The molecule has 7 N–H and O–H groups in total. The van der Waals surface area contributed by atoms with Crippen LogP contribution in [0, 0.1) is 46.3 Å². The zero-order valence-corrected chi connectivity index (χ0v) is 22.6. The van der Waals surface area contributed by atoms with Gasteiger partial charge in [0.1, 0.15) is 0 Å². The average Bonchev–Trinajstić information content (AvgIpc) is 3.09. The molecule has 0 aromatic carbocycles. The van der Waals surface area contributed by atoms with Crippen molar-refractivity contribution in [2.45, 2.75) is 97.2 Å². The van der Waals surface area contributed by atoms with Crippen LogP contribution in [0.5, 0.6) is 0 Å². The van der Waals surface area contributed by atoms with Crippen molar-refractivity contribution in [1.82, 2.24) is 11.5 Å². The Hall–Kier alpha value is -0.740. The van der Waals surface area contributed by atoms with Gasteiger partial charge in [-0.05, 0) is 104 Å². The Kier molecular flexibility index (Phi) is 8.69. The van der Waals surface area contributed by atoms with Crippen LogP contribution < -0.4 is 11.5 Å². The van der Waals surface area contributed by atoms with Crippen molar-refractivity contribution in [1.29, 1.82) is 0 Å². The molecule has 4 aliphatic rings. The summed E-state index contributed by atoms with van der Waals surface area (Å²) in [7, 11) is -4.06. The van der Waals surface area contributed by atoms with Crippen molar-refractivity contribution >= 4 is 16.0 Å². The molecule has 0 spiro atoms. The summed E-state index contributed by atoms with van der Waals surface area (Å²) in [6, 6.07) is 0. The number of amides is 1. The lowest BCUT2D eigenvalue weighted by molar-refractivity contribution is -0.174. The highest BCUT2D eigenvalue weighted by atomic mass is 32.2. The van der Waals surface area contributed by atoms with E-state index in [4.69, 9.17) is 4.55 Å². The topological polar surface area (TPSA) is 159 Å². The van der Waals surface area contributed by atoms with Gasteiger partial charge in [-0.25, -0.2) is 0 Å². The number of fused-ring (bicyclic) bond motifs is 5. The van der Waals surface area contributed by atoms with Gasteiger partial charge in [-0.15, -0.1) is 0 Å². The largest absolute Gasteiger partial charge is 0.393 e. The monoisotopic (exact) mass is 516 g/mol. The van der Waals surface area contributed by atoms with Gasteiger partial charge in [-0.2, -0.15) is 8.42 Å². The summed E-state index contributed by atoms with van der Waals surface area (Å²) in [4.78, 5) is 12.2.